The minimum absolute atomic E-state index is 0.0356. The van der Waals surface area contributed by atoms with E-state index in [-0.39, 0.29) is 5.91 Å². The molecule has 0 spiro atoms. The lowest BCUT2D eigenvalue weighted by Gasteiger charge is -2.19. The summed E-state index contributed by atoms with van der Waals surface area (Å²) in [7, 11) is 1.76. The van der Waals surface area contributed by atoms with Gasteiger partial charge >= 0.3 is 6.09 Å². The van der Waals surface area contributed by atoms with Crippen molar-refractivity contribution in [3.63, 3.8) is 0 Å². The van der Waals surface area contributed by atoms with Gasteiger partial charge in [-0.05, 0) is 32.9 Å². The monoisotopic (exact) mass is 324 g/mol. The fourth-order valence-corrected chi connectivity index (χ4v) is 2.35. The smallest absolute Gasteiger partial charge is 0.407 e. The Morgan fingerprint density at radius 1 is 1.23 bits per heavy atom. The van der Waals surface area contributed by atoms with Crippen molar-refractivity contribution in [3.8, 4) is 0 Å². The van der Waals surface area contributed by atoms with Crippen molar-refractivity contribution in [3.05, 3.63) is 30.3 Å². The number of carbonyl (C=O) groups excluding carboxylic acids is 2. The minimum atomic E-state index is -0.494. The molecule has 0 heterocycles. The quantitative estimate of drug-likeness (QED) is 0.818. The van der Waals surface area contributed by atoms with Crippen LogP contribution in [-0.4, -0.2) is 42.7 Å². The van der Waals surface area contributed by atoms with Crippen LogP contribution in [0.4, 0.5) is 10.5 Å². The number of carbonyl (C=O) groups is 2. The first-order chi connectivity index (χ1) is 10.3. The maximum atomic E-state index is 12.0. The molecular weight excluding hydrogens is 300 g/mol. The number of nitrogens with one attached hydrogen (secondary N) is 1. The number of para-hydroxylation sites is 1. The average Bonchev–Trinajstić information content (AvgIpc) is 2.45. The second-order valence-corrected chi connectivity index (χ2v) is 6.87. The molecule has 0 saturated carbocycles. The van der Waals surface area contributed by atoms with Gasteiger partial charge in [-0.25, -0.2) is 4.79 Å². The molecule has 1 aromatic carbocycles. The Morgan fingerprint density at radius 3 is 2.45 bits per heavy atom. The normalized spacial score (nSPS) is 10.9. The Morgan fingerprint density at radius 2 is 1.86 bits per heavy atom. The number of anilines is 1. The van der Waals surface area contributed by atoms with Gasteiger partial charge in [0.05, 0.1) is 5.75 Å². The third kappa shape index (κ3) is 7.36. The number of rotatable bonds is 6. The lowest BCUT2D eigenvalue weighted by atomic mass is 10.2. The van der Waals surface area contributed by atoms with Crippen molar-refractivity contribution in [2.75, 3.05) is 30.0 Å². The van der Waals surface area contributed by atoms with Crippen LogP contribution in [-0.2, 0) is 9.53 Å². The van der Waals surface area contributed by atoms with E-state index >= 15 is 0 Å². The van der Waals surface area contributed by atoms with Crippen molar-refractivity contribution in [2.45, 2.75) is 26.4 Å². The van der Waals surface area contributed by atoms with Crippen molar-refractivity contribution < 1.29 is 14.3 Å². The minimum Gasteiger partial charge on any atom is -0.444 e. The van der Waals surface area contributed by atoms with Gasteiger partial charge in [-0.3, -0.25) is 4.79 Å². The number of nitrogens with zero attached hydrogens (tertiary/aromatic N) is 1. The number of ether oxygens (including phenoxy) is 1. The van der Waals surface area contributed by atoms with Gasteiger partial charge < -0.3 is 15.0 Å². The first-order valence-corrected chi connectivity index (χ1v) is 8.31. The summed E-state index contributed by atoms with van der Waals surface area (Å²) in [6.07, 6.45) is -0.430. The molecule has 0 saturated heterocycles. The van der Waals surface area contributed by atoms with Crippen LogP contribution in [0.1, 0.15) is 20.8 Å². The van der Waals surface area contributed by atoms with Gasteiger partial charge in [0.15, 0.2) is 0 Å². The lowest BCUT2D eigenvalue weighted by Crippen LogP contribution is -2.34. The predicted molar refractivity (Wildman–Crippen MR) is 91.4 cm³/mol. The summed E-state index contributed by atoms with van der Waals surface area (Å²) >= 11 is 1.48. The van der Waals surface area contributed by atoms with Crippen molar-refractivity contribution in [2.24, 2.45) is 0 Å². The summed E-state index contributed by atoms with van der Waals surface area (Å²) in [5, 5.41) is 2.67. The number of hydrogen-bond donors (Lipinski definition) is 1. The fraction of sp³-hybridized carbons (Fsp3) is 0.500. The Labute approximate surface area is 136 Å². The Balaban J connectivity index is 2.19. The van der Waals surface area contributed by atoms with Crippen LogP contribution in [0, 0.1) is 0 Å². The van der Waals surface area contributed by atoms with Crippen LogP contribution in [0.15, 0.2) is 30.3 Å². The van der Waals surface area contributed by atoms with E-state index in [2.05, 4.69) is 5.32 Å². The molecule has 0 radical (unpaired) electrons. The van der Waals surface area contributed by atoms with Crippen LogP contribution in [0.25, 0.3) is 0 Å². The molecule has 5 nitrogen and oxygen atoms in total. The highest BCUT2D eigenvalue weighted by Gasteiger charge is 2.15. The van der Waals surface area contributed by atoms with Gasteiger partial charge in [-0.15, -0.1) is 0 Å². The van der Waals surface area contributed by atoms with Crippen LogP contribution < -0.4 is 10.2 Å². The van der Waals surface area contributed by atoms with E-state index < -0.39 is 11.7 Å². The zero-order valence-electron chi connectivity index (χ0n) is 13.6. The zero-order chi connectivity index (χ0) is 16.6. The SMILES string of the molecule is CN(C(=O)CSCCNC(=O)OC(C)(C)C)c1ccccc1. The molecule has 122 valence electrons. The number of benzene rings is 1. The molecule has 1 aromatic rings. The Kier molecular flexibility index (Phi) is 7.24. The largest absolute Gasteiger partial charge is 0.444 e. The molecular formula is C16H24N2O3S. The van der Waals surface area contributed by atoms with Gasteiger partial charge in [-0.1, -0.05) is 18.2 Å². The topological polar surface area (TPSA) is 58.6 Å². The Bertz CT molecular complexity index is 486. The highest BCUT2D eigenvalue weighted by molar-refractivity contribution is 7.99. The van der Waals surface area contributed by atoms with E-state index in [1.54, 1.807) is 11.9 Å². The number of hydrogen-bond acceptors (Lipinski definition) is 4. The summed E-state index contributed by atoms with van der Waals surface area (Å²) < 4.78 is 5.13. The average molecular weight is 324 g/mol. The molecule has 22 heavy (non-hydrogen) atoms. The van der Waals surface area contributed by atoms with E-state index in [1.165, 1.54) is 11.8 Å². The summed E-state index contributed by atoms with van der Waals surface area (Å²) in [6, 6.07) is 9.51. The molecule has 0 atom stereocenters. The molecule has 0 bridgehead atoms. The summed E-state index contributed by atoms with van der Waals surface area (Å²) in [6.45, 7) is 5.93. The van der Waals surface area contributed by atoms with Crippen molar-refractivity contribution in [1.82, 2.24) is 5.32 Å². The van der Waals surface area contributed by atoms with Gasteiger partial charge in [0.25, 0.3) is 0 Å². The highest BCUT2D eigenvalue weighted by Crippen LogP contribution is 2.13. The second-order valence-electron chi connectivity index (χ2n) is 5.77. The van der Waals surface area contributed by atoms with E-state index in [4.69, 9.17) is 4.74 Å². The molecule has 2 amide bonds. The zero-order valence-corrected chi connectivity index (χ0v) is 14.4. The molecule has 0 aliphatic carbocycles. The van der Waals surface area contributed by atoms with Gasteiger partial charge in [0, 0.05) is 25.0 Å². The maximum Gasteiger partial charge on any atom is 0.407 e. The molecule has 1 N–H and O–H groups in total. The predicted octanol–water partition coefficient (Wildman–Crippen LogP) is 2.91. The molecule has 6 heteroatoms. The van der Waals surface area contributed by atoms with Crippen LogP contribution in [0.2, 0.25) is 0 Å². The molecule has 0 aliphatic heterocycles. The fourth-order valence-electron chi connectivity index (χ4n) is 1.59. The number of amides is 2. The second kappa shape index (κ2) is 8.68. The number of thioether (sulfide) groups is 1. The maximum absolute atomic E-state index is 12.0. The standard InChI is InChI=1S/C16H24N2O3S/c1-16(2,3)21-15(20)17-10-11-22-12-14(19)18(4)13-8-6-5-7-9-13/h5-9H,10-12H2,1-4H3,(H,17,20). The molecule has 0 aromatic heterocycles. The Hall–Kier alpha value is -1.69. The lowest BCUT2D eigenvalue weighted by molar-refractivity contribution is -0.115. The van der Waals surface area contributed by atoms with E-state index in [0.717, 1.165) is 5.69 Å². The molecule has 0 unspecified atom stereocenters. The van der Waals surface area contributed by atoms with Gasteiger partial charge in [0.1, 0.15) is 5.60 Å². The van der Waals surface area contributed by atoms with Gasteiger partial charge in [-0.2, -0.15) is 11.8 Å². The van der Waals surface area contributed by atoms with E-state index in [9.17, 15) is 9.59 Å². The van der Waals surface area contributed by atoms with Crippen LogP contribution in [0.5, 0.6) is 0 Å². The molecule has 0 fully saturated rings. The van der Waals surface area contributed by atoms with E-state index in [0.29, 0.717) is 18.1 Å². The van der Waals surface area contributed by atoms with Crippen LogP contribution in [0.3, 0.4) is 0 Å². The van der Waals surface area contributed by atoms with Crippen molar-refractivity contribution in [1.29, 1.82) is 0 Å². The number of alkyl carbamates (subject to hydrolysis) is 1. The molecule has 1 rings (SSSR count). The summed E-state index contributed by atoms with van der Waals surface area (Å²) in [5.74, 6) is 1.07. The summed E-state index contributed by atoms with van der Waals surface area (Å²) in [4.78, 5) is 25.1. The first-order valence-electron chi connectivity index (χ1n) is 7.16. The third-order valence-corrected chi connectivity index (χ3v) is 3.60. The van der Waals surface area contributed by atoms with Crippen molar-refractivity contribution >= 4 is 29.4 Å². The first kappa shape index (κ1) is 18.4. The highest BCUT2D eigenvalue weighted by atomic mass is 32.2. The van der Waals surface area contributed by atoms with E-state index in [1.807, 2.05) is 51.1 Å². The molecule has 0 aliphatic rings. The van der Waals surface area contributed by atoms with Gasteiger partial charge in [0.2, 0.25) is 5.91 Å². The van der Waals surface area contributed by atoms with Crippen LogP contribution >= 0.6 is 11.8 Å². The summed E-state index contributed by atoms with van der Waals surface area (Å²) in [5.41, 5.74) is 0.381. The third-order valence-electron chi connectivity index (χ3n) is 2.66.